The fourth-order valence-corrected chi connectivity index (χ4v) is 3.12. The van der Waals surface area contributed by atoms with Crippen LogP contribution in [0.25, 0.3) is 10.9 Å². The maximum Gasteiger partial charge on any atom is 0.225 e. The molecule has 0 bridgehead atoms. The number of fused-ring (bicyclic) bond motifs is 2. The van der Waals surface area contributed by atoms with E-state index >= 15 is 0 Å². The SMILES string of the molecule is CN(C)c1nc(NC2CCn3ccnc3C2)nc2ccccc12. The topological polar surface area (TPSA) is 58.9 Å². The van der Waals surface area contributed by atoms with Crippen molar-refractivity contribution in [2.24, 2.45) is 0 Å². The average Bonchev–Trinajstić information content (AvgIpc) is 3.01. The molecule has 0 saturated carbocycles. The molecule has 6 nitrogen and oxygen atoms in total. The predicted molar refractivity (Wildman–Crippen MR) is 91.8 cm³/mol. The summed E-state index contributed by atoms with van der Waals surface area (Å²) in [6.45, 7) is 0.987. The molecule has 0 aliphatic carbocycles. The number of anilines is 2. The number of benzene rings is 1. The molecule has 1 unspecified atom stereocenters. The van der Waals surface area contributed by atoms with Gasteiger partial charge in [0.15, 0.2) is 0 Å². The third-order valence-electron chi connectivity index (χ3n) is 4.29. The number of para-hydroxylation sites is 1. The second-order valence-electron chi connectivity index (χ2n) is 6.15. The zero-order valence-electron chi connectivity index (χ0n) is 13.4. The Labute approximate surface area is 135 Å². The third kappa shape index (κ3) is 2.60. The van der Waals surface area contributed by atoms with Crippen molar-refractivity contribution in [3.05, 3.63) is 42.5 Å². The second-order valence-corrected chi connectivity index (χ2v) is 6.15. The monoisotopic (exact) mass is 308 g/mol. The summed E-state index contributed by atoms with van der Waals surface area (Å²) in [6.07, 6.45) is 5.87. The van der Waals surface area contributed by atoms with E-state index in [0.717, 1.165) is 41.9 Å². The molecule has 3 heterocycles. The largest absolute Gasteiger partial charge is 0.362 e. The van der Waals surface area contributed by atoms with Gasteiger partial charge in [-0.05, 0) is 18.6 Å². The Hall–Kier alpha value is -2.63. The fraction of sp³-hybridized carbons (Fsp3) is 0.353. The highest BCUT2D eigenvalue weighted by molar-refractivity contribution is 5.90. The maximum atomic E-state index is 4.71. The molecule has 6 heteroatoms. The molecule has 0 spiro atoms. The molecule has 0 radical (unpaired) electrons. The van der Waals surface area contributed by atoms with Crippen LogP contribution in [0.15, 0.2) is 36.7 Å². The molecular formula is C17H20N6. The molecule has 0 saturated heterocycles. The highest BCUT2D eigenvalue weighted by Gasteiger charge is 2.20. The molecule has 4 rings (SSSR count). The van der Waals surface area contributed by atoms with E-state index in [-0.39, 0.29) is 0 Å². The van der Waals surface area contributed by atoms with E-state index in [1.807, 2.05) is 49.6 Å². The number of nitrogens with zero attached hydrogens (tertiary/aromatic N) is 5. The van der Waals surface area contributed by atoms with Gasteiger partial charge >= 0.3 is 0 Å². The molecule has 1 aromatic carbocycles. The Morgan fingerprint density at radius 1 is 1.22 bits per heavy atom. The van der Waals surface area contributed by atoms with Crippen LogP contribution < -0.4 is 10.2 Å². The van der Waals surface area contributed by atoms with Gasteiger partial charge in [-0.1, -0.05) is 12.1 Å². The third-order valence-corrected chi connectivity index (χ3v) is 4.29. The zero-order valence-corrected chi connectivity index (χ0v) is 13.4. The number of rotatable bonds is 3. The summed E-state index contributed by atoms with van der Waals surface area (Å²) in [5.74, 6) is 2.76. The van der Waals surface area contributed by atoms with Crippen molar-refractivity contribution in [1.82, 2.24) is 19.5 Å². The van der Waals surface area contributed by atoms with Gasteiger partial charge in [0.2, 0.25) is 5.95 Å². The minimum Gasteiger partial charge on any atom is -0.362 e. The highest BCUT2D eigenvalue weighted by Crippen LogP contribution is 2.25. The fourth-order valence-electron chi connectivity index (χ4n) is 3.12. The van der Waals surface area contributed by atoms with Gasteiger partial charge in [0.05, 0.1) is 5.52 Å². The zero-order chi connectivity index (χ0) is 15.8. The minimum atomic E-state index is 0.320. The smallest absolute Gasteiger partial charge is 0.225 e. The molecule has 0 amide bonds. The summed E-state index contributed by atoms with van der Waals surface area (Å²) in [4.78, 5) is 15.8. The average molecular weight is 308 g/mol. The molecule has 3 aromatic rings. The van der Waals surface area contributed by atoms with E-state index < -0.39 is 0 Å². The summed E-state index contributed by atoms with van der Waals surface area (Å²) in [5, 5.41) is 4.57. The van der Waals surface area contributed by atoms with Crippen LogP contribution in [0.4, 0.5) is 11.8 Å². The van der Waals surface area contributed by atoms with Crippen molar-refractivity contribution in [1.29, 1.82) is 0 Å². The van der Waals surface area contributed by atoms with E-state index in [0.29, 0.717) is 12.0 Å². The van der Waals surface area contributed by atoms with Crippen LogP contribution in [-0.4, -0.2) is 39.7 Å². The van der Waals surface area contributed by atoms with Crippen LogP contribution in [0.3, 0.4) is 0 Å². The number of aryl methyl sites for hydroxylation is 1. The first kappa shape index (κ1) is 14.0. The van der Waals surface area contributed by atoms with E-state index in [1.165, 1.54) is 0 Å². The van der Waals surface area contributed by atoms with Crippen LogP contribution in [0, 0.1) is 0 Å². The normalized spacial score (nSPS) is 17.0. The highest BCUT2D eigenvalue weighted by atomic mass is 15.2. The lowest BCUT2D eigenvalue weighted by Gasteiger charge is -2.25. The maximum absolute atomic E-state index is 4.71. The first-order chi connectivity index (χ1) is 11.2. The van der Waals surface area contributed by atoms with Gasteiger partial charge in [-0.25, -0.2) is 9.97 Å². The quantitative estimate of drug-likeness (QED) is 0.804. The van der Waals surface area contributed by atoms with Gasteiger partial charge in [-0.3, -0.25) is 0 Å². The molecule has 118 valence electrons. The minimum absolute atomic E-state index is 0.320. The number of hydrogen-bond acceptors (Lipinski definition) is 5. The second kappa shape index (κ2) is 5.53. The Kier molecular flexibility index (Phi) is 3.37. The molecule has 1 N–H and O–H groups in total. The molecule has 1 aliphatic heterocycles. The van der Waals surface area contributed by atoms with Crippen molar-refractivity contribution in [3.63, 3.8) is 0 Å². The van der Waals surface area contributed by atoms with Gasteiger partial charge in [0.1, 0.15) is 11.6 Å². The Bertz CT molecular complexity index is 838. The van der Waals surface area contributed by atoms with Gasteiger partial charge in [0.25, 0.3) is 0 Å². The van der Waals surface area contributed by atoms with Crippen LogP contribution in [0.1, 0.15) is 12.2 Å². The predicted octanol–water partition coefficient (Wildman–Crippen LogP) is 2.32. The van der Waals surface area contributed by atoms with Gasteiger partial charge in [0, 0.05) is 50.9 Å². The van der Waals surface area contributed by atoms with Crippen LogP contribution >= 0.6 is 0 Å². The van der Waals surface area contributed by atoms with E-state index in [9.17, 15) is 0 Å². The Morgan fingerprint density at radius 3 is 2.96 bits per heavy atom. The van der Waals surface area contributed by atoms with Gasteiger partial charge in [-0.2, -0.15) is 4.98 Å². The van der Waals surface area contributed by atoms with Crippen molar-refractivity contribution in [2.45, 2.75) is 25.4 Å². The lowest BCUT2D eigenvalue weighted by molar-refractivity contribution is 0.482. The van der Waals surface area contributed by atoms with E-state index in [4.69, 9.17) is 4.98 Å². The number of aromatic nitrogens is 4. The summed E-state index contributed by atoms with van der Waals surface area (Å²) >= 11 is 0. The standard InChI is InChI=1S/C17H20N6/c1-22(2)16-13-5-3-4-6-14(13)20-17(21-16)19-12-7-9-23-10-8-18-15(23)11-12/h3-6,8,10,12H,7,9,11H2,1-2H3,(H,19,20,21). The van der Waals surface area contributed by atoms with E-state index in [2.05, 4.69) is 25.9 Å². The van der Waals surface area contributed by atoms with Crippen LogP contribution in [0.5, 0.6) is 0 Å². The molecule has 1 atom stereocenters. The summed E-state index contributed by atoms with van der Waals surface area (Å²) < 4.78 is 2.21. The molecule has 2 aromatic heterocycles. The molecular weight excluding hydrogens is 288 g/mol. The Morgan fingerprint density at radius 2 is 2.09 bits per heavy atom. The summed E-state index contributed by atoms with van der Waals surface area (Å²) in [5.41, 5.74) is 0.964. The van der Waals surface area contributed by atoms with Gasteiger partial charge in [-0.15, -0.1) is 0 Å². The molecule has 1 aliphatic rings. The Balaban J connectivity index is 1.64. The summed E-state index contributed by atoms with van der Waals surface area (Å²) in [7, 11) is 4.02. The van der Waals surface area contributed by atoms with Crippen molar-refractivity contribution < 1.29 is 0 Å². The van der Waals surface area contributed by atoms with Crippen LogP contribution in [-0.2, 0) is 13.0 Å². The van der Waals surface area contributed by atoms with Crippen LogP contribution in [0.2, 0.25) is 0 Å². The van der Waals surface area contributed by atoms with Crippen molar-refractivity contribution >= 4 is 22.7 Å². The van der Waals surface area contributed by atoms with Crippen molar-refractivity contribution in [3.8, 4) is 0 Å². The van der Waals surface area contributed by atoms with E-state index in [1.54, 1.807) is 0 Å². The summed E-state index contributed by atoms with van der Waals surface area (Å²) in [6, 6.07) is 8.44. The van der Waals surface area contributed by atoms with Gasteiger partial charge < -0.3 is 14.8 Å². The van der Waals surface area contributed by atoms with Crippen molar-refractivity contribution in [2.75, 3.05) is 24.3 Å². The first-order valence-electron chi connectivity index (χ1n) is 7.91. The number of nitrogens with one attached hydrogen (secondary N) is 1. The molecule has 23 heavy (non-hydrogen) atoms. The number of hydrogen-bond donors (Lipinski definition) is 1. The molecule has 0 fully saturated rings. The lowest BCUT2D eigenvalue weighted by Crippen LogP contribution is -2.31. The first-order valence-corrected chi connectivity index (χ1v) is 7.91. The number of imidazole rings is 1. The lowest BCUT2D eigenvalue weighted by atomic mass is 10.1.